The van der Waals surface area contributed by atoms with Gasteiger partial charge in [0.25, 0.3) is 0 Å². The number of hydrogen-bond donors (Lipinski definition) is 1. The van der Waals surface area contributed by atoms with Crippen molar-refractivity contribution in [3.63, 3.8) is 0 Å². The Morgan fingerprint density at radius 1 is 1.33 bits per heavy atom. The smallest absolute Gasteiger partial charge is 0.0791 e. The first-order valence-corrected chi connectivity index (χ1v) is 5.54. The van der Waals surface area contributed by atoms with Gasteiger partial charge in [-0.25, -0.2) is 4.68 Å². The molecule has 0 saturated carbocycles. The van der Waals surface area contributed by atoms with Gasteiger partial charge in [0.05, 0.1) is 11.4 Å². The van der Waals surface area contributed by atoms with Crippen LogP contribution in [0, 0.1) is 0 Å². The van der Waals surface area contributed by atoms with Crippen LogP contribution in [0.1, 0.15) is 18.7 Å². The van der Waals surface area contributed by atoms with Crippen molar-refractivity contribution in [1.29, 1.82) is 0 Å². The number of nitrogens with two attached hydrogens (primary N) is 1. The predicted octanol–water partition coefficient (Wildman–Crippen LogP) is 2.65. The zero-order valence-electron chi connectivity index (χ0n) is 8.39. The lowest BCUT2D eigenvalue weighted by molar-refractivity contribution is 0.709. The van der Waals surface area contributed by atoms with Crippen molar-refractivity contribution in [3.05, 3.63) is 46.7 Å². The molecule has 1 aromatic heterocycles. The summed E-state index contributed by atoms with van der Waals surface area (Å²) < 4.78 is 2.87. The first-order valence-electron chi connectivity index (χ1n) is 4.74. The van der Waals surface area contributed by atoms with Crippen molar-refractivity contribution in [2.75, 3.05) is 0 Å². The predicted molar refractivity (Wildman–Crippen MR) is 63.9 cm³/mol. The molecule has 15 heavy (non-hydrogen) atoms. The topological polar surface area (TPSA) is 43.8 Å². The highest BCUT2D eigenvalue weighted by molar-refractivity contribution is 9.10. The third-order valence-corrected chi connectivity index (χ3v) is 2.89. The van der Waals surface area contributed by atoms with Gasteiger partial charge in [0.2, 0.25) is 0 Å². The normalized spacial score (nSPS) is 12.7. The molecular formula is C11H12BrN3. The second kappa shape index (κ2) is 4.16. The number of aromatic nitrogens is 2. The van der Waals surface area contributed by atoms with E-state index in [0.717, 1.165) is 15.9 Å². The molecule has 78 valence electrons. The lowest BCUT2D eigenvalue weighted by atomic mass is 10.2. The summed E-state index contributed by atoms with van der Waals surface area (Å²) in [6, 6.07) is 9.85. The van der Waals surface area contributed by atoms with Gasteiger partial charge in [0, 0.05) is 16.7 Å². The quantitative estimate of drug-likeness (QED) is 0.908. The number of rotatable bonds is 2. The van der Waals surface area contributed by atoms with Crippen LogP contribution in [-0.4, -0.2) is 9.78 Å². The summed E-state index contributed by atoms with van der Waals surface area (Å²) in [6.07, 6.45) is 1.76. The van der Waals surface area contributed by atoms with Crippen LogP contribution < -0.4 is 5.73 Å². The van der Waals surface area contributed by atoms with Crippen molar-refractivity contribution in [1.82, 2.24) is 9.78 Å². The Hall–Kier alpha value is -1.13. The standard InChI is InChI=1S/C11H12BrN3/c1-8(13)10-6-7-14-15(10)11-5-3-2-4-9(11)12/h2-8H,13H2,1H3. The molecule has 0 aliphatic heterocycles. The van der Waals surface area contributed by atoms with E-state index in [-0.39, 0.29) is 6.04 Å². The van der Waals surface area contributed by atoms with E-state index in [4.69, 9.17) is 5.73 Å². The minimum atomic E-state index is -0.0281. The zero-order chi connectivity index (χ0) is 10.8. The summed E-state index contributed by atoms with van der Waals surface area (Å²) in [6.45, 7) is 1.95. The molecule has 0 fully saturated rings. The van der Waals surface area contributed by atoms with Crippen LogP contribution in [0.3, 0.4) is 0 Å². The van der Waals surface area contributed by atoms with E-state index in [1.165, 1.54) is 0 Å². The minimum absolute atomic E-state index is 0.0281. The van der Waals surface area contributed by atoms with Gasteiger partial charge in [-0.05, 0) is 41.1 Å². The molecule has 1 atom stereocenters. The van der Waals surface area contributed by atoms with Gasteiger partial charge in [-0.15, -0.1) is 0 Å². The van der Waals surface area contributed by atoms with E-state index in [0.29, 0.717) is 0 Å². The second-order valence-electron chi connectivity index (χ2n) is 3.41. The Balaban J connectivity index is 2.55. The Bertz CT molecular complexity index is 462. The maximum atomic E-state index is 5.87. The fraction of sp³-hybridized carbons (Fsp3) is 0.182. The third kappa shape index (κ3) is 1.96. The number of para-hydroxylation sites is 1. The number of hydrogen-bond acceptors (Lipinski definition) is 2. The van der Waals surface area contributed by atoms with E-state index in [2.05, 4.69) is 21.0 Å². The van der Waals surface area contributed by atoms with E-state index in [1.54, 1.807) is 6.20 Å². The fourth-order valence-corrected chi connectivity index (χ4v) is 1.94. The Labute approximate surface area is 97.0 Å². The highest BCUT2D eigenvalue weighted by atomic mass is 79.9. The average molecular weight is 266 g/mol. The molecule has 2 aromatic rings. The molecule has 0 bridgehead atoms. The summed E-state index contributed by atoms with van der Waals surface area (Å²) in [4.78, 5) is 0. The summed E-state index contributed by atoms with van der Waals surface area (Å²) >= 11 is 3.50. The second-order valence-corrected chi connectivity index (χ2v) is 4.26. The van der Waals surface area contributed by atoms with E-state index in [9.17, 15) is 0 Å². The summed E-state index contributed by atoms with van der Waals surface area (Å²) in [5.74, 6) is 0. The van der Waals surface area contributed by atoms with Gasteiger partial charge in [0.15, 0.2) is 0 Å². The van der Waals surface area contributed by atoms with Crippen LogP contribution in [-0.2, 0) is 0 Å². The summed E-state index contributed by atoms with van der Waals surface area (Å²) in [5.41, 5.74) is 7.88. The van der Waals surface area contributed by atoms with Crippen molar-refractivity contribution < 1.29 is 0 Å². The molecular weight excluding hydrogens is 254 g/mol. The largest absolute Gasteiger partial charge is 0.323 e. The van der Waals surface area contributed by atoms with Crippen LogP contribution in [0.4, 0.5) is 0 Å². The Kier molecular flexibility index (Phi) is 2.88. The molecule has 4 heteroatoms. The Morgan fingerprint density at radius 2 is 2.07 bits per heavy atom. The number of halogens is 1. The molecule has 0 amide bonds. The Morgan fingerprint density at radius 3 is 2.73 bits per heavy atom. The molecule has 1 unspecified atom stereocenters. The van der Waals surface area contributed by atoms with Crippen LogP contribution in [0.15, 0.2) is 41.0 Å². The molecule has 2 N–H and O–H groups in total. The molecule has 2 rings (SSSR count). The lowest BCUT2D eigenvalue weighted by Crippen LogP contribution is -2.12. The summed E-state index contributed by atoms with van der Waals surface area (Å²) in [7, 11) is 0. The first kappa shape index (κ1) is 10.4. The maximum Gasteiger partial charge on any atom is 0.0791 e. The van der Waals surface area contributed by atoms with Gasteiger partial charge >= 0.3 is 0 Å². The minimum Gasteiger partial charge on any atom is -0.323 e. The van der Waals surface area contributed by atoms with Crippen LogP contribution in [0.2, 0.25) is 0 Å². The van der Waals surface area contributed by atoms with Gasteiger partial charge in [-0.3, -0.25) is 0 Å². The van der Waals surface area contributed by atoms with Gasteiger partial charge in [0.1, 0.15) is 0 Å². The molecule has 3 nitrogen and oxygen atoms in total. The fourth-order valence-electron chi connectivity index (χ4n) is 1.48. The molecule has 0 radical (unpaired) electrons. The monoisotopic (exact) mass is 265 g/mol. The van der Waals surface area contributed by atoms with Crippen molar-refractivity contribution in [3.8, 4) is 5.69 Å². The van der Waals surface area contributed by atoms with E-state index >= 15 is 0 Å². The van der Waals surface area contributed by atoms with Gasteiger partial charge in [-0.2, -0.15) is 5.10 Å². The van der Waals surface area contributed by atoms with E-state index in [1.807, 2.05) is 41.9 Å². The molecule has 1 aromatic carbocycles. The van der Waals surface area contributed by atoms with Gasteiger partial charge in [-0.1, -0.05) is 12.1 Å². The highest BCUT2D eigenvalue weighted by Gasteiger charge is 2.10. The number of nitrogens with zero attached hydrogens (tertiary/aromatic N) is 2. The molecule has 0 aliphatic rings. The third-order valence-electron chi connectivity index (χ3n) is 2.22. The van der Waals surface area contributed by atoms with E-state index < -0.39 is 0 Å². The highest BCUT2D eigenvalue weighted by Crippen LogP contribution is 2.22. The average Bonchev–Trinajstić information content (AvgIpc) is 2.67. The zero-order valence-corrected chi connectivity index (χ0v) is 9.98. The summed E-state index contributed by atoms with van der Waals surface area (Å²) in [5, 5.41) is 4.28. The molecule has 0 spiro atoms. The van der Waals surface area contributed by atoms with Crippen LogP contribution in [0.25, 0.3) is 5.69 Å². The lowest BCUT2D eigenvalue weighted by Gasteiger charge is -2.11. The van der Waals surface area contributed by atoms with Crippen molar-refractivity contribution in [2.24, 2.45) is 5.73 Å². The van der Waals surface area contributed by atoms with Crippen molar-refractivity contribution >= 4 is 15.9 Å². The first-order chi connectivity index (χ1) is 7.20. The van der Waals surface area contributed by atoms with Crippen molar-refractivity contribution in [2.45, 2.75) is 13.0 Å². The maximum absolute atomic E-state index is 5.87. The molecule has 0 aliphatic carbocycles. The van der Waals surface area contributed by atoms with Crippen LogP contribution >= 0.6 is 15.9 Å². The van der Waals surface area contributed by atoms with Gasteiger partial charge < -0.3 is 5.73 Å². The van der Waals surface area contributed by atoms with Crippen LogP contribution in [0.5, 0.6) is 0 Å². The number of benzene rings is 1. The molecule has 0 saturated heterocycles. The SMILES string of the molecule is CC(N)c1ccnn1-c1ccccc1Br. The molecule has 1 heterocycles.